The van der Waals surface area contributed by atoms with Crippen molar-refractivity contribution in [3.05, 3.63) is 10.5 Å². The molecule has 62 valence electrons. The van der Waals surface area contributed by atoms with E-state index in [0.29, 0.717) is 0 Å². The van der Waals surface area contributed by atoms with Gasteiger partial charge in [-0.15, -0.1) is 21.5 Å². The van der Waals surface area contributed by atoms with Crippen LogP contribution in [0.1, 0.15) is 31.2 Å². The summed E-state index contributed by atoms with van der Waals surface area (Å²) in [4.78, 5) is 0. The summed E-state index contributed by atoms with van der Waals surface area (Å²) >= 11 is 1.49. The van der Waals surface area contributed by atoms with Crippen molar-refractivity contribution in [1.29, 1.82) is 0 Å². The topological polar surface area (TPSA) is 46.0 Å². The molecule has 0 radical (unpaired) electrons. The third-order valence-electron chi connectivity index (χ3n) is 1.76. The Hall–Kier alpha value is -0.480. The number of aromatic nitrogens is 2. The van der Waals surface area contributed by atoms with Crippen molar-refractivity contribution in [1.82, 2.24) is 10.2 Å². The second-order valence-corrected chi connectivity index (χ2v) is 3.41. The lowest BCUT2D eigenvalue weighted by molar-refractivity contribution is 0.145. The Morgan fingerprint density at radius 3 is 2.91 bits per heavy atom. The molecule has 3 nitrogen and oxygen atoms in total. The Balaban J connectivity index is 2.62. The highest BCUT2D eigenvalue weighted by Crippen LogP contribution is 2.21. The Bertz CT molecular complexity index is 200. The molecule has 1 rings (SSSR count). The zero-order valence-corrected chi connectivity index (χ0v) is 7.51. The van der Waals surface area contributed by atoms with Gasteiger partial charge in [0.25, 0.3) is 0 Å². The lowest BCUT2D eigenvalue weighted by atomic mass is 10.0. The van der Waals surface area contributed by atoms with E-state index in [1.807, 2.05) is 13.8 Å². The summed E-state index contributed by atoms with van der Waals surface area (Å²) in [5, 5.41) is 18.0. The van der Waals surface area contributed by atoms with Crippen LogP contribution in [0.3, 0.4) is 0 Å². The van der Waals surface area contributed by atoms with E-state index in [1.165, 1.54) is 11.3 Å². The fourth-order valence-corrected chi connectivity index (χ4v) is 1.57. The molecule has 11 heavy (non-hydrogen) atoms. The van der Waals surface area contributed by atoms with E-state index in [1.54, 1.807) is 5.51 Å². The predicted molar refractivity (Wildman–Crippen MR) is 44.6 cm³/mol. The van der Waals surface area contributed by atoms with Crippen LogP contribution in [0.15, 0.2) is 5.51 Å². The van der Waals surface area contributed by atoms with Gasteiger partial charge in [0.15, 0.2) is 0 Å². The van der Waals surface area contributed by atoms with Crippen molar-refractivity contribution in [3.8, 4) is 0 Å². The van der Waals surface area contributed by atoms with Crippen molar-refractivity contribution >= 4 is 11.3 Å². The van der Waals surface area contributed by atoms with E-state index < -0.39 is 0 Å². The fraction of sp³-hybridized carbons (Fsp3) is 0.714. The molecular weight excluding hydrogens is 160 g/mol. The van der Waals surface area contributed by atoms with E-state index in [0.717, 1.165) is 11.4 Å². The lowest BCUT2D eigenvalue weighted by Crippen LogP contribution is -2.14. The van der Waals surface area contributed by atoms with Crippen LogP contribution in [0.2, 0.25) is 0 Å². The van der Waals surface area contributed by atoms with E-state index >= 15 is 0 Å². The second kappa shape index (κ2) is 3.78. The third-order valence-corrected chi connectivity index (χ3v) is 2.66. The monoisotopic (exact) mass is 172 g/mol. The van der Waals surface area contributed by atoms with Crippen LogP contribution in [0, 0.1) is 0 Å². The van der Waals surface area contributed by atoms with Gasteiger partial charge in [-0.2, -0.15) is 0 Å². The van der Waals surface area contributed by atoms with Crippen LogP contribution >= 0.6 is 11.3 Å². The van der Waals surface area contributed by atoms with Gasteiger partial charge in [0, 0.05) is 5.92 Å². The van der Waals surface area contributed by atoms with Gasteiger partial charge in [-0.25, -0.2) is 0 Å². The molecule has 1 aromatic rings. The standard InChI is InChI=1S/C7H12N2OS/c1-3-6(10)5(2)7-9-8-4-11-7/h4-6,10H,3H2,1-2H3. The molecule has 0 amide bonds. The SMILES string of the molecule is CCC(O)C(C)c1nncs1. The Labute approximate surface area is 70.1 Å². The molecule has 0 aromatic carbocycles. The first-order valence-corrected chi connectivity index (χ1v) is 4.57. The van der Waals surface area contributed by atoms with Gasteiger partial charge in [0.1, 0.15) is 10.5 Å². The average Bonchev–Trinajstić information content (AvgIpc) is 2.53. The van der Waals surface area contributed by atoms with E-state index in [9.17, 15) is 5.11 Å². The lowest BCUT2D eigenvalue weighted by Gasteiger charge is -2.12. The quantitative estimate of drug-likeness (QED) is 0.750. The molecule has 0 bridgehead atoms. The number of nitrogens with zero attached hydrogens (tertiary/aromatic N) is 2. The average molecular weight is 172 g/mol. The zero-order valence-electron chi connectivity index (χ0n) is 6.69. The van der Waals surface area contributed by atoms with Crippen LogP contribution in [-0.4, -0.2) is 21.4 Å². The Kier molecular flexibility index (Phi) is 2.96. The van der Waals surface area contributed by atoms with Gasteiger partial charge in [-0.1, -0.05) is 13.8 Å². The number of aliphatic hydroxyl groups is 1. The van der Waals surface area contributed by atoms with Crippen LogP contribution in [0.5, 0.6) is 0 Å². The van der Waals surface area contributed by atoms with Gasteiger partial charge in [0.2, 0.25) is 0 Å². The maximum absolute atomic E-state index is 9.44. The Morgan fingerprint density at radius 1 is 1.73 bits per heavy atom. The maximum Gasteiger partial charge on any atom is 0.122 e. The van der Waals surface area contributed by atoms with Gasteiger partial charge in [-0.05, 0) is 6.42 Å². The first-order valence-electron chi connectivity index (χ1n) is 3.69. The minimum Gasteiger partial charge on any atom is -0.392 e. The molecule has 0 saturated heterocycles. The molecule has 2 unspecified atom stereocenters. The highest BCUT2D eigenvalue weighted by atomic mass is 32.1. The van der Waals surface area contributed by atoms with Gasteiger partial charge in [0.05, 0.1) is 6.10 Å². The molecular formula is C7H12N2OS. The van der Waals surface area contributed by atoms with E-state index in [-0.39, 0.29) is 12.0 Å². The minimum atomic E-state index is -0.289. The summed E-state index contributed by atoms with van der Waals surface area (Å²) in [6.45, 7) is 3.93. The number of hydrogen-bond acceptors (Lipinski definition) is 4. The Morgan fingerprint density at radius 2 is 2.45 bits per heavy atom. The highest BCUT2D eigenvalue weighted by molar-refractivity contribution is 7.09. The summed E-state index contributed by atoms with van der Waals surface area (Å²) in [5.41, 5.74) is 1.69. The molecule has 1 aromatic heterocycles. The van der Waals surface area contributed by atoms with Crippen LogP contribution in [0.4, 0.5) is 0 Å². The van der Waals surface area contributed by atoms with Crippen molar-refractivity contribution in [2.45, 2.75) is 32.3 Å². The van der Waals surface area contributed by atoms with E-state index in [4.69, 9.17) is 0 Å². The number of aliphatic hydroxyl groups excluding tert-OH is 1. The molecule has 1 N–H and O–H groups in total. The van der Waals surface area contributed by atoms with Crippen molar-refractivity contribution in [3.63, 3.8) is 0 Å². The molecule has 0 spiro atoms. The second-order valence-electron chi connectivity index (χ2n) is 2.54. The smallest absolute Gasteiger partial charge is 0.122 e. The molecule has 0 aliphatic carbocycles. The summed E-state index contributed by atoms with van der Waals surface area (Å²) in [5.74, 6) is 0.118. The third kappa shape index (κ3) is 1.97. The largest absolute Gasteiger partial charge is 0.392 e. The summed E-state index contributed by atoms with van der Waals surface area (Å²) in [6, 6.07) is 0. The van der Waals surface area contributed by atoms with Crippen molar-refractivity contribution < 1.29 is 5.11 Å². The first kappa shape index (κ1) is 8.62. The molecule has 0 aliphatic rings. The zero-order chi connectivity index (χ0) is 8.27. The first-order chi connectivity index (χ1) is 5.25. The molecule has 0 fully saturated rings. The van der Waals surface area contributed by atoms with Crippen LogP contribution in [-0.2, 0) is 0 Å². The van der Waals surface area contributed by atoms with Gasteiger partial charge in [-0.3, -0.25) is 0 Å². The summed E-state index contributed by atoms with van der Waals surface area (Å²) < 4.78 is 0. The molecule has 0 saturated carbocycles. The molecule has 0 aliphatic heterocycles. The van der Waals surface area contributed by atoms with Gasteiger partial charge >= 0.3 is 0 Å². The molecule has 4 heteroatoms. The minimum absolute atomic E-state index is 0.118. The molecule has 2 atom stereocenters. The number of rotatable bonds is 3. The number of hydrogen-bond donors (Lipinski definition) is 1. The predicted octanol–water partition coefficient (Wildman–Crippen LogP) is 1.41. The summed E-state index contributed by atoms with van der Waals surface area (Å²) in [7, 11) is 0. The summed E-state index contributed by atoms with van der Waals surface area (Å²) in [6.07, 6.45) is 0.476. The fourth-order valence-electron chi connectivity index (χ4n) is 0.898. The van der Waals surface area contributed by atoms with Crippen molar-refractivity contribution in [2.75, 3.05) is 0 Å². The van der Waals surface area contributed by atoms with Crippen LogP contribution in [0.25, 0.3) is 0 Å². The normalized spacial score (nSPS) is 16.3. The maximum atomic E-state index is 9.44. The molecule has 1 heterocycles. The van der Waals surface area contributed by atoms with E-state index in [2.05, 4.69) is 10.2 Å². The van der Waals surface area contributed by atoms with Gasteiger partial charge < -0.3 is 5.11 Å². The highest BCUT2D eigenvalue weighted by Gasteiger charge is 2.16. The van der Waals surface area contributed by atoms with Crippen molar-refractivity contribution in [2.24, 2.45) is 0 Å². The van der Waals surface area contributed by atoms with Crippen LogP contribution < -0.4 is 0 Å².